The first-order valence-electron chi connectivity index (χ1n) is 10.6. The number of carbonyl (C=O) groups is 1. The lowest BCUT2D eigenvalue weighted by Gasteiger charge is -2.33. The van der Waals surface area contributed by atoms with E-state index in [1.165, 1.54) is 30.0 Å². The van der Waals surface area contributed by atoms with Crippen LogP contribution in [-0.4, -0.2) is 30.3 Å². The smallest absolute Gasteiger partial charge is 0.455 e. The molecule has 0 saturated carbocycles. The Morgan fingerprint density at radius 1 is 1.09 bits per heavy atom. The van der Waals surface area contributed by atoms with Crippen molar-refractivity contribution in [3.8, 4) is 17.2 Å². The highest BCUT2D eigenvalue weighted by Gasteiger charge is 2.31. The van der Waals surface area contributed by atoms with E-state index in [9.17, 15) is 18.0 Å². The number of allylic oxidation sites excluding steroid dienone is 2. The summed E-state index contributed by atoms with van der Waals surface area (Å²) in [4.78, 5) is 15.1. The second-order valence-electron chi connectivity index (χ2n) is 7.62. The number of ether oxygens (including phenoxy) is 2. The van der Waals surface area contributed by atoms with Crippen molar-refractivity contribution < 1.29 is 27.4 Å². The summed E-state index contributed by atoms with van der Waals surface area (Å²) in [5.74, 6) is 0.248. The average Bonchev–Trinajstić information content (AvgIpc) is 2.76. The van der Waals surface area contributed by atoms with Gasteiger partial charge in [0.15, 0.2) is 5.75 Å². The van der Waals surface area contributed by atoms with Crippen LogP contribution in [0.25, 0.3) is 0 Å². The van der Waals surface area contributed by atoms with Gasteiger partial charge in [-0.05, 0) is 62.6 Å². The van der Waals surface area contributed by atoms with Gasteiger partial charge in [0.1, 0.15) is 11.5 Å². The van der Waals surface area contributed by atoms with E-state index in [4.69, 9.17) is 4.74 Å². The normalized spacial score (nSPS) is 15.4. The molecule has 1 heterocycles. The Kier molecular flexibility index (Phi) is 7.66. The number of likely N-dealkylation sites (tertiary alicyclic amines) is 1. The van der Waals surface area contributed by atoms with Crippen molar-refractivity contribution >= 4 is 11.6 Å². The molecule has 0 radical (unpaired) electrons. The van der Waals surface area contributed by atoms with Gasteiger partial charge in [-0.25, -0.2) is 0 Å². The van der Waals surface area contributed by atoms with E-state index in [0.29, 0.717) is 17.2 Å². The number of alkyl halides is 3. The number of nitrogens with zero attached hydrogens (tertiary/aromatic N) is 1. The van der Waals surface area contributed by atoms with Crippen molar-refractivity contribution in [1.82, 2.24) is 4.90 Å². The van der Waals surface area contributed by atoms with Crippen molar-refractivity contribution in [3.05, 3.63) is 60.3 Å². The fourth-order valence-electron chi connectivity index (χ4n) is 3.65. The predicted molar refractivity (Wildman–Crippen MR) is 117 cm³/mol. The van der Waals surface area contributed by atoms with E-state index in [1.54, 1.807) is 24.3 Å². The van der Waals surface area contributed by atoms with Crippen LogP contribution in [0.5, 0.6) is 17.2 Å². The minimum Gasteiger partial charge on any atom is -0.455 e. The van der Waals surface area contributed by atoms with Crippen molar-refractivity contribution in [3.63, 3.8) is 0 Å². The molecule has 0 aliphatic carbocycles. The van der Waals surface area contributed by atoms with E-state index >= 15 is 0 Å². The minimum absolute atomic E-state index is 0.0632. The van der Waals surface area contributed by atoms with Crippen LogP contribution in [-0.2, 0) is 4.79 Å². The molecule has 2 aromatic carbocycles. The standard InChI is InChI=1S/C24H27F3N2O3/c1-3-6-17(2)29-15-13-18(14-16-29)23(30)28-21-7-4-5-8-22(21)31-19-9-11-20(12-10-19)32-24(25,26)27/h4-12,18H,3,13-16H2,1-2H3,(H,28,30)/b17-6-. The molecule has 1 saturated heterocycles. The number of rotatable bonds is 7. The number of hydrogen-bond donors (Lipinski definition) is 1. The van der Waals surface area contributed by atoms with Crippen LogP contribution in [0, 0.1) is 5.92 Å². The van der Waals surface area contributed by atoms with E-state index < -0.39 is 6.36 Å². The van der Waals surface area contributed by atoms with Crippen LogP contribution in [0.2, 0.25) is 0 Å². The summed E-state index contributed by atoms with van der Waals surface area (Å²) in [7, 11) is 0. The second kappa shape index (κ2) is 10.4. The molecule has 32 heavy (non-hydrogen) atoms. The Labute approximate surface area is 185 Å². The maximum absolute atomic E-state index is 12.8. The largest absolute Gasteiger partial charge is 0.573 e. The van der Waals surface area contributed by atoms with E-state index in [-0.39, 0.29) is 17.6 Å². The van der Waals surface area contributed by atoms with Crippen molar-refractivity contribution in [2.75, 3.05) is 18.4 Å². The Morgan fingerprint density at radius 2 is 1.72 bits per heavy atom. The molecule has 0 unspecified atom stereocenters. The highest BCUT2D eigenvalue weighted by Crippen LogP contribution is 2.32. The van der Waals surface area contributed by atoms with Gasteiger partial charge in [0, 0.05) is 24.7 Å². The van der Waals surface area contributed by atoms with Crippen LogP contribution < -0.4 is 14.8 Å². The van der Waals surface area contributed by atoms with Gasteiger partial charge in [0.2, 0.25) is 5.91 Å². The lowest BCUT2D eigenvalue weighted by Crippen LogP contribution is -2.37. The molecular formula is C24H27F3N2O3. The number of hydrogen-bond acceptors (Lipinski definition) is 4. The van der Waals surface area contributed by atoms with Crippen molar-refractivity contribution in [1.29, 1.82) is 0 Å². The quantitative estimate of drug-likeness (QED) is 0.537. The molecule has 5 nitrogen and oxygen atoms in total. The van der Waals surface area contributed by atoms with Crippen molar-refractivity contribution in [2.45, 2.75) is 39.5 Å². The highest BCUT2D eigenvalue weighted by molar-refractivity contribution is 5.94. The number of nitrogens with one attached hydrogen (secondary N) is 1. The van der Waals surface area contributed by atoms with Gasteiger partial charge < -0.3 is 19.7 Å². The molecule has 1 amide bonds. The number of piperidine rings is 1. The van der Waals surface area contributed by atoms with Crippen LogP contribution in [0.4, 0.5) is 18.9 Å². The van der Waals surface area contributed by atoms with Gasteiger partial charge in [0.05, 0.1) is 5.69 Å². The summed E-state index contributed by atoms with van der Waals surface area (Å²) in [6.45, 7) is 5.88. The predicted octanol–water partition coefficient (Wildman–Crippen LogP) is 6.34. The fourth-order valence-corrected chi connectivity index (χ4v) is 3.65. The minimum atomic E-state index is -4.75. The molecule has 1 N–H and O–H groups in total. The highest BCUT2D eigenvalue weighted by atomic mass is 19.4. The SMILES string of the molecule is CC/C=C(/C)N1CCC(C(=O)Nc2ccccc2Oc2ccc(OC(F)(F)F)cc2)CC1. The molecule has 172 valence electrons. The molecule has 0 spiro atoms. The Balaban J connectivity index is 1.61. The third-order valence-corrected chi connectivity index (χ3v) is 5.29. The number of halogens is 3. The molecular weight excluding hydrogens is 421 g/mol. The Morgan fingerprint density at radius 3 is 2.34 bits per heavy atom. The van der Waals surface area contributed by atoms with E-state index in [2.05, 4.69) is 34.9 Å². The molecule has 0 bridgehead atoms. The van der Waals surface area contributed by atoms with Gasteiger partial charge in [-0.2, -0.15) is 0 Å². The lowest BCUT2D eigenvalue weighted by atomic mass is 9.95. The lowest BCUT2D eigenvalue weighted by molar-refractivity contribution is -0.274. The molecule has 1 fully saturated rings. The maximum Gasteiger partial charge on any atom is 0.573 e. The third-order valence-electron chi connectivity index (χ3n) is 5.29. The molecule has 3 rings (SSSR count). The number of para-hydroxylation sites is 2. The first-order valence-corrected chi connectivity index (χ1v) is 10.6. The number of anilines is 1. The summed E-state index contributed by atoms with van der Waals surface area (Å²) < 4.78 is 46.6. The van der Waals surface area contributed by atoms with E-state index in [1.807, 2.05) is 0 Å². The first-order chi connectivity index (χ1) is 15.2. The monoisotopic (exact) mass is 448 g/mol. The van der Waals surface area contributed by atoms with Crippen molar-refractivity contribution in [2.24, 2.45) is 5.92 Å². The zero-order valence-corrected chi connectivity index (χ0v) is 18.1. The zero-order chi connectivity index (χ0) is 23.1. The van der Waals surface area contributed by atoms with Gasteiger partial charge >= 0.3 is 6.36 Å². The Bertz CT molecular complexity index is 934. The summed E-state index contributed by atoms with van der Waals surface area (Å²) in [5, 5.41) is 2.94. The summed E-state index contributed by atoms with van der Waals surface area (Å²) in [5.41, 5.74) is 1.76. The molecule has 0 aromatic heterocycles. The number of benzene rings is 2. The second-order valence-corrected chi connectivity index (χ2v) is 7.62. The molecule has 0 atom stereocenters. The summed E-state index contributed by atoms with van der Waals surface area (Å²) in [6, 6.07) is 12.1. The first kappa shape index (κ1) is 23.5. The molecule has 1 aliphatic heterocycles. The van der Waals surface area contributed by atoms with E-state index in [0.717, 1.165) is 32.4 Å². The van der Waals surface area contributed by atoms with Crippen LogP contribution in [0.15, 0.2) is 60.3 Å². The number of carbonyl (C=O) groups excluding carboxylic acids is 1. The van der Waals surface area contributed by atoms with Gasteiger partial charge in [0.25, 0.3) is 0 Å². The summed E-state index contributed by atoms with van der Waals surface area (Å²) >= 11 is 0. The third kappa shape index (κ3) is 6.67. The molecule has 1 aliphatic rings. The Hall–Kier alpha value is -3.16. The van der Waals surface area contributed by atoms with Gasteiger partial charge in [-0.3, -0.25) is 4.79 Å². The fraction of sp³-hybridized carbons (Fsp3) is 0.375. The zero-order valence-electron chi connectivity index (χ0n) is 18.1. The summed E-state index contributed by atoms with van der Waals surface area (Å²) in [6.07, 6.45) is -0.0356. The van der Waals surface area contributed by atoms with Crippen LogP contribution in [0.1, 0.15) is 33.1 Å². The van der Waals surface area contributed by atoms with Gasteiger partial charge in [-0.15, -0.1) is 13.2 Å². The molecule has 2 aromatic rings. The van der Waals surface area contributed by atoms with Crippen LogP contribution in [0.3, 0.4) is 0 Å². The average molecular weight is 448 g/mol. The number of amides is 1. The van der Waals surface area contributed by atoms with Crippen LogP contribution >= 0.6 is 0 Å². The van der Waals surface area contributed by atoms with Gasteiger partial charge in [-0.1, -0.05) is 25.1 Å². The maximum atomic E-state index is 12.8. The topological polar surface area (TPSA) is 50.8 Å². The molecule has 8 heteroatoms.